The number of nitrogens with one attached hydrogen (secondary N) is 1. The fraction of sp³-hybridized carbons (Fsp3) is 0.382. The summed E-state index contributed by atoms with van der Waals surface area (Å²) < 4.78 is 23.0. The van der Waals surface area contributed by atoms with Crippen LogP contribution in [0, 0.1) is 11.3 Å². The van der Waals surface area contributed by atoms with Gasteiger partial charge in [0.15, 0.2) is 0 Å². The Bertz CT molecular complexity index is 1380. The molecule has 3 aromatic carbocycles. The van der Waals surface area contributed by atoms with Crippen molar-refractivity contribution in [2.45, 2.75) is 64.4 Å². The van der Waals surface area contributed by atoms with Crippen molar-refractivity contribution in [1.29, 1.82) is 5.26 Å². The molecule has 2 amide bonds. The second-order valence-corrected chi connectivity index (χ2v) is 11.5. The molecule has 1 aliphatic heterocycles. The van der Waals surface area contributed by atoms with Crippen LogP contribution >= 0.6 is 12.4 Å². The number of alkyl carbamates (subject to hydrolysis) is 1. The van der Waals surface area contributed by atoms with E-state index in [9.17, 15) is 9.59 Å². The quantitative estimate of drug-likeness (QED) is 0.269. The summed E-state index contributed by atoms with van der Waals surface area (Å²) in [6.45, 7) is 7.04. The standard InChI is InChI=1S/C34H39N3O6.ClH/c1-34(2,3)43-32(38)36-28(24-40-31-11-7-10-27(21-31)22-35)20-25-12-14-29(15-13-25)42-30-16-18-37(19-17-30)33(39)41-23-26-8-5-4-6-9-26;/h4-15,21,28,30H,16-20,23-24H2,1-3H3,(H,36,38);1H/t28-;/m0./s1. The lowest BCUT2D eigenvalue weighted by Crippen LogP contribution is -2.43. The summed E-state index contributed by atoms with van der Waals surface area (Å²) in [6, 6.07) is 26.0. The topological polar surface area (TPSA) is 110 Å². The van der Waals surface area contributed by atoms with Gasteiger partial charge in [0.2, 0.25) is 0 Å². The number of likely N-dealkylation sites (tertiary alicyclic amines) is 1. The molecule has 0 spiro atoms. The summed E-state index contributed by atoms with van der Waals surface area (Å²) >= 11 is 0. The second-order valence-electron chi connectivity index (χ2n) is 11.5. The zero-order chi connectivity index (χ0) is 30.7. The van der Waals surface area contributed by atoms with Crippen LogP contribution in [0.5, 0.6) is 11.5 Å². The van der Waals surface area contributed by atoms with E-state index in [1.807, 2.05) is 75.4 Å². The van der Waals surface area contributed by atoms with Crippen molar-refractivity contribution >= 4 is 24.6 Å². The van der Waals surface area contributed by atoms with Gasteiger partial charge in [0, 0.05) is 25.9 Å². The van der Waals surface area contributed by atoms with Gasteiger partial charge in [0.25, 0.3) is 0 Å². The number of benzene rings is 3. The molecule has 4 rings (SSSR count). The number of rotatable bonds is 10. The van der Waals surface area contributed by atoms with Crippen molar-refractivity contribution in [2.24, 2.45) is 0 Å². The van der Waals surface area contributed by atoms with Crippen LogP contribution in [0.1, 0.15) is 50.3 Å². The van der Waals surface area contributed by atoms with E-state index in [1.165, 1.54) is 0 Å². The Morgan fingerprint density at radius 2 is 1.66 bits per heavy atom. The van der Waals surface area contributed by atoms with Crippen LogP contribution in [0.3, 0.4) is 0 Å². The number of hydrogen-bond donors (Lipinski definition) is 1. The van der Waals surface area contributed by atoms with Crippen LogP contribution in [-0.4, -0.2) is 54.5 Å². The molecule has 0 bridgehead atoms. The van der Waals surface area contributed by atoms with Crippen molar-refractivity contribution in [1.82, 2.24) is 10.2 Å². The maximum atomic E-state index is 12.5. The minimum Gasteiger partial charge on any atom is -0.491 e. The Morgan fingerprint density at radius 1 is 0.955 bits per heavy atom. The first-order valence-corrected chi connectivity index (χ1v) is 14.5. The van der Waals surface area contributed by atoms with Crippen LogP contribution in [-0.2, 0) is 22.5 Å². The van der Waals surface area contributed by atoms with E-state index in [1.54, 1.807) is 29.2 Å². The average Bonchev–Trinajstić information content (AvgIpc) is 2.99. The number of piperidine rings is 1. The molecular formula is C34H40ClN3O6. The number of halogens is 1. The summed E-state index contributed by atoms with van der Waals surface area (Å²) in [5.74, 6) is 1.30. The van der Waals surface area contributed by atoms with Gasteiger partial charge in [-0.25, -0.2) is 9.59 Å². The van der Waals surface area contributed by atoms with E-state index in [-0.39, 0.29) is 43.9 Å². The van der Waals surface area contributed by atoms with Gasteiger partial charge in [-0.05, 0) is 68.7 Å². The summed E-state index contributed by atoms with van der Waals surface area (Å²) in [6.07, 6.45) is 1.11. The van der Waals surface area contributed by atoms with Crippen molar-refractivity contribution < 1.29 is 28.5 Å². The van der Waals surface area contributed by atoms with Crippen LogP contribution in [0.2, 0.25) is 0 Å². The van der Waals surface area contributed by atoms with Gasteiger partial charge in [0.1, 0.15) is 36.4 Å². The fourth-order valence-corrected chi connectivity index (χ4v) is 4.63. The molecule has 234 valence electrons. The highest BCUT2D eigenvalue weighted by atomic mass is 35.5. The molecule has 3 aromatic rings. The monoisotopic (exact) mass is 621 g/mol. The number of amides is 2. The largest absolute Gasteiger partial charge is 0.491 e. The third kappa shape index (κ3) is 11.3. The molecular weight excluding hydrogens is 582 g/mol. The van der Waals surface area contributed by atoms with E-state index in [0.717, 1.165) is 16.9 Å². The highest BCUT2D eigenvalue weighted by Crippen LogP contribution is 2.21. The molecule has 0 saturated carbocycles. The van der Waals surface area contributed by atoms with Crippen molar-refractivity contribution in [2.75, 3.05) is 19.7 Å². The molecule has 1 aliphatic rings. The summed E-state index contributed by atoms with van der Waals surface area (Å²) in [7, 11) is 0. The van der Waals surface area contributed by atoms with E-state index in [4.69, 9.17) is 24.2 Å². The molecule has 0 unspecified atom stereocenters. The van der Waals surface area contributed by atoms with Gasteiger partial charge in [0.05, 0.1) is 17.7 Å². The predicted octanol–water partition coefficient (Wildman–Crippen LogP) is 6.67. The lowest BCUT2D eigenvalue weighted by molar-refractivity contribution is 0.0487. The minimum atomic E-state index is -0.631. The molecule has 1 fully saturated rings. The third-order valence-electron chi connectivity index (χ3n) is 6.75. The van der Waals surface area contributed by atoms with E-state index >= 15 is 0 Å². The average molecular weight is 622 g/mol. The molecule has 9 nitrogen and oxygen atoms in total. The van der Waals surface area contributed by atoms with Gasteiger partial charge in [-0.15, -0.1) is 12.4 Å². The number of carbonyl (C=O) groups is 2. The summed E-state index contributed by atoms with van der Waals surface area (Å²) in [5.41, 5.74) is 1.81. The molecule has 0 aromatic heterocycles. The molecule has 0 aliphatic carbocycles. The number of ether oxygens (including phenoxy) is 4. The number of carbonyl (C=O) groups excluding carboxylic acids is 2. The first kappa shape index (κ1) is 34.1. The lowest BCUT2D eigenvalue weighted by atomic mass is 10.1. The van der Waals surface area contributed by atoms with Crippen LogP contribution in [0.4, 0.5) is 9.59 Å². The molecule has 1 heterocycles. The van der Waals surface area contributed by atoms with E-state index < -0.39 is 11.7 Å². The van der Waals surface area contributed by atoms with Crippen molar-refractivity contribution in [3.05, 3.63) is 95.6 Å². The van der Waals surface area contributed by atoms with E-state index in [2.05, 4.69) is 11.4 Å². The van der Waals surface area contributed by atoms with Crippen LogP contribution in [0.15, 0.2) is 78.9 Å². The Kier molecular flexibility index (Phi) is 12.7. The lowest BCUT2D eigenvalue weighted by Gasteiger charge is -2.31. The Balaban J connectivity index is 0.00000529. The van der Waals surface area contributed by atoms with Crippen LogP contribution in [0.25, 0.3) is 0 Å². The van der Waals surface area contributed by atoms with E-state index in [0.29, 0.717) is 43.7 Å². The molecule has 1 N–H and O–H groups in total. The smallest absolute Gasteiger partial charge is 0.410 e. The number of nitrogens with zero attached hydrogens (tertiary/aromatic N) is 2. The predicted molar refractivity (Wildman–Crippen MR) is 169 cm³/mol. The van der Waals surface area contributed by atoms with Crippen molar-refractivity contribution in [3.8, 4) is 17.6 Å². The Morgan fingerprint density at radius 3 is 2.32 bits per heavy atom. The van der Waals surface area contributed by atoms with Crippen LogP contribution < -0.4 is 14.8 Å². The third-order valence-corrected chi connectivity index (χ3v) is 6.75. The number of nitriles is 1. The molecule has 0 radical (unpaired) electrons. The molecule has 1 saturated heterocycles. The first-order chi connectivity index (χ1) is 20.7. The zero-order valence-corrected chi connectivity index (χ0v) is 26.2. The second kappa shape index (κ2) is 16.4. The van der Waals surface area contributed by atoms with Crippen molar-refractivity contribution in [3.63, 3.8) is 0 Å². The van der Waals surface area contributed by atoms with Gasteiger partial charge >= 0.3 is 12.2 Å². The summed E-state index contributed by atoms with van der Waals surface area (Å²) in [5, 5.41) is 12.1. The molecule has 10 heteroatoms. The Hall–Kier alpha value is -4.42. The normalized spacial score (nSPS) is 13.9. The first-order valence-electron chi connectivity index (χ1n) is 14.5. The fourth-order valence-electron chi connectivity index (χ4n) is 4.63. The van der Waals surface area contributed by atoms with Gasteiger partial charge in [-0.1, -0.05) is 48.5 Å². The Labute approximate surface area is 265 Å². The highest BCUT2D eigenvalue weighted by Gasteiger charge is 2.25. The molecule has 1 atom stereocenters. The number of hydrogen-bond acceptors (Lipinski definition) is 7. The van der Waals surface area contributed by atoms with Gasteiger partial charge in [-0.3, -0.25) is 0 Å². The maximum Gasteiger partial charge on any atom is 0.410 e. The SMILES string of the molecule is CC(C)(C)OC(=O)N[C@H](COc1cccc(C#N)c1)Cc1ccc(OC2CCN(C(=O)OCc3ccccc3)CC2)cc1.Cl. The zero-order valence-electron chi connectivity index (χ0n) is 25.4. The maximum absolute atomic E-state index is 12.5. The van der Waals surface area contributed by atoms with Gasteiger partial charge < -0.3 is 29.2 Å². The molecule has 44 heavy (non-hydrogen) atoms. The highest BCUT2D eigenvalue weighted by molar-refractivity contribution is 5.85. The minimum absolute atomic E-state index is 0. The van der Waals surface area contributed by atoms with Gasteiger partial charge in [-0.2, -0.15) is 5.26 Å². The summed E-state index contributed by atoms with van der Waals surface area (Å²) in [4.78, 5) is 26.7.